The number of halogens is 1. The van der Waals surface area contributed by atoms with Crippen LogP contribution < -0.4 is 0 Å². The van der Waals surface area contributed by atoms with Crippen LogP contribution in [0.3, 0.4) is 0 Å². The van der Waals surface area contributed by atoms with Crippen LogP contribution in [0.4, 0.5) is 4.39 Å². The maximum atomic E-state index is 12.8. The Morgan fingerprint density at radius 2 is 2.31 bits per heavy atom. The number of methoxy groups -OCH3 is 1. The fraction of sp³-hybridized carbons (Fsp3) is 0.455. The highest BCUT2D eigenvalue weighted by Gasteiger charge is 2.05. The summed E-state index contributed by atoms with van der Waals surface area (Å²) in [5.41, 5.74) is 0.785. The summed E-state index contributed by atoms with van der Waals surface area (Å²) in [6, 6.07) is 1.43. The molecule has 0 saturated carbocycles. The monoisotopic (exact) mass is 226 g/mol. The summed E-state index contributed by atoms with van der Waals surface area (Å²) in [6.45, 7) is 1.13. The molecule has 1 rings (SSSR count). The Morgan fingerprint density at radius 1 is 1.56 bits per heavy atom. The first-order chi connectivity index (χ1) is 7.61. The van der Waals surface area contributed by atoms with Crippen LogP contribution in [-0.2, 0) is 16.1 Å². The first kappa shape index (κ1) is 12.6. The van der Waals surface area contributed by atoms with Crippen molar-refractivity contribution in [1.29, 1.82) is 0 Å². The number of aromatic nitrogens is 1. The smallest absolute Gasteiger partial charge is 0.306 e. The molecule has 0 spiro atoms. The minimum Gasteiger partial charge on any atom is -0.469 e. The van der Waals surface area contributed by atoms with E-state index in [2.05, 4.69) is 9.72 Å². The van der Waals surface area contributed by atoms with E-state index in [-0.39, 0.29) is 11.8 Å². The average Bonchev–Trinajstić information content (AvgIpc) is 2.26. The highest BCUT2D eigenvalue weighted by molar-refractivity contribution is 5.69. The number of carbonyl (C=O) groups excluding carboxylic acids is 1. The summed E-state index contributed by atoms with van der Waals surface area (Å²) in [7, 11) is 3.21. The van der Waals surface area contributed by atoms with Crippen molar-refractivity contribution in [2.75, 3.05) is 20.7 Å². The van der Waals surface area contributed by atoms with Crippen LogP contribution in [0.25, 0.3) is 0 Å². The highest BCUT2D eigenvalue weighted by atomic mass is 19.1. The molecular weight excluding hydrogens is 211 g/mol. The minimum absolute atomic E-state index is 0.246. The number of ether oxygens (including phenoxy) is 1. The first-order valence-corrected chi connectivity index (χ1v) is 4.96. The van der Waals surface area contributed by atoms with Crippen LogP contribution >= 0.6 is 0 Å². The molecule has 0 atom stereocenters. The van der Waals surface area contributed by atoms with Crippen molar-refractivity contribution in [3.8, 4) is 0 Å². The maximum Gasteiger partial charge on any atom is 0.306 e. The molecular formula is C11H15FN2O2. The van der Waals surface area contributed by atoms with Crippen LogP contribution in [0, 0.1) is 5.82 Å². The van der Waals surface area contributed by atoms with E-state index in [9.17, 15) is 9.18 Å². The van der Waals surface area contributed by atoms with Gasteiger partial charge in [0.25, 0.3) is 0 Å². The molecule has 0 saturated heterocycles. The van der Waals surface area contributed by atoms with Gasteiger partial charge in [0.05, 0.1) is 19.7 Å². The van der Waals surface area contributed by atoms with Gasteiger partial charge in [-0.2, -0.15) is 0 Å². The predicted molar refractivity (Wildman–Crippen MR) is 57.2 cm³/mol. The van der Waals surface area contributed by atoms with Gasteiger partial charge in [-0.1, -0.05) is 0 Å². The van der Waals surface area contributed by atoms with Crippen molar-refractivity contribution in [1.82, 2.24) is 9.88 Å². The fourth-order valence-electron chi connectivity index (χ4n) is 1.32. The SMILES string of the molecule is COC(=O)CCN(C)Cc1cncc(F)c1. The number of hydrogen-bond acceptors (Lipinski definition) is 4. The Morgan fingerprint density at radius 3 is 2.94 bits per heavy atom. The second kappa shape index (κ2) is 6.17. The molecule has 5 heteroatoms. The van der Waals surface area contributed by atoms with E-state index < -0.39 is 0 Å². The van der Waals surface area contributed by atoms with Crippen LogP contribution in [0.2, 0.25) is 0 Å². The highest BCUT2D eigenvalue weighted by Crippen LogP contribution is 2.04. The standard InChI is InChI=1S/C11H15FN2O2/c1-14(4-3-11(15)16-2)8-9-5-10(12)7-13-6-9/h5-7H,3-4,8H2,1-2H3. The van der Waals surface area contributed by atoms with Crippen LogP contribution in [0.5, 0.6) is 0 Å². The molecule has 4 nitrogen and oxygen atoms in total. The summed E-state index contributed by atoms with van der Waals surface area (Å²) in [5.74, 6) is -0.594. The van der Waals surface area contributed by atoms with Crippen molar-refractivity contribution in [3.63, 3.8) is 0 Å². The largest absolute Gasteiger partial charge is 0.469 e. The van der Waals surface area contributed by atoms with Gasteiger partial charge >= 0.3 is 5.97 Å². The summed E-state index contributed by atoms with van der Waals surface area (Å²) >= 11 is 0. The van der Waals surface area contributed by atoms with Crippen LogP contribution in [-0.4, -0.2) is 36.6 Å². The number of carbonyl (C=O) groups is 1. The lowest BCUT2D eigenvalue weighted by Gasteiger charge is -2.15. The molecule has 0 fully saturated rings. The lowest BCUT2D eigenvalue weighted by Crippen LogP contribution is -2.22. The number of rotatable bonds is 5. The van der Waals surface area contributed by atoms with Crippen molar-refractivity contribution in [2.24, 2.45) is 0 Å². The molecule has 0 unspecified atom stereocenters. The molecule has 1 aromatic heterocycles. The van der Waals surface area contributed by atoms with Crippen molar-refractivity contribution in [2.45, 2.75) is 13.0 Å². The van der Waals surface area contributed by atoms with Crippen molar-refractivity contribution >= 4 is 5.97 Å². The topological polar surface area (TPSA) is 42.4 Å². The zero-order valence-corrected chi connectivity index (χ0v) is 9.44. The molecule has 1 aromatic rings. The third kappa shape index (κ3) is 4.35. The van der Waals surface area contributed by atoms with Crippen LogP contribution in [0.15, 0.2) is 18.5 Å². The minimum atomic E-state index is -0.348. The molecule has 0 bridgehead atoms. The van der Waals surface area contributed by atoms with E-state index in [1.807, 2.05) is 11.9 Å². The quantitative estimate of drug-likeness (QED) is 0.708. The molecule has 88 valence electrons. The second-order valence-corrected chi connectivity index (χ2v) is 3.58. The normalized spacial score (nSPS) is 10.5. The molecule has 0 amide bonds. The van der Waals surface area contributed by atoms with Gasteiger partial charge in [0.15, 0.2) is 0 Å². The molecule has 0 aliphatic carbocycles. The molecule has 0 aromatic carbocycles. The van der Waals surface area contributed by atoms with E-state index in [0.29, 0.717) is 19.5 Å². The van der Waals surface area contributed by atoms with E-state index in [1.165, 1.54) is 13.2 Å². The lowest BCUT2D eigenvalue weighted by atomic mass is 10.2. The Balaban J connectivity index is 2.39. The molecule has 0 aliphatic rings. The first-order valence-electron chi connectivity index (χ1n) is 4.96. The van der Waals surface area contributed by atoms with Gasteiger partial charge in [0.2, 0.25) is 0 Å². The fourth-order valence-corrected chi connectivity index (χ4v) is 1.32. The average molecular weight is 226 g/mol. The van der Waals surface area contributed by atoms with Gasteiger partial charge in [0, 0.05) is 19.3 Å². The third-order valence-corrected chi connectivity index (χ3v) is 2.14. The summed E-state index contributed by atoms with van der Waals surface area (Å²) in [5, 5.41) is 0. The van der Waals surface area contributed by atoms with E-state index >= 15 is 0 Å². The van der Waals surface area contributed by atoms with E-state index in [1.54, 1.807) is 6.20 Å². The van der Waals surface area contributed by atoms with Gasteiger partial charge in [0.1, 0.15) is 5.82 Å². The van der Waals surface area contributed by atoms with Crippen LogP contribution in [0.1, 0.15) is 12.0 Å². The number of esters is 1. The Hall–Kier alpha value is -1.49. The van der Waals surface area contributed by atoms with Crippen molar-refractivity contribution in [3.05, 3.63) is 29.8 Å². The third-order valence-electron chi connectivity index (χ3n) is 2.14. The van der Waals surface area contributed by atoms with Gasteiger partial charge in [-0.25, -0.2) is 4.39 Å². The van der Waals surface area contributed by atoms with Gasteiger partial charge in [-0.3, -0.25) is 9.78 Å². The molecule has 1 heterocycles. The van der Waals surface area contributed by atoms with E-state index in [4.69, 9.17) is 0 Å². The number of hydrogen-bond donors (Lipinski definition) is 0. The zero-order valence-electron chi connectivity index (χ0n) is 9.44. The van der Waals surface area contributed by atoms with Gasteiger partial charge in [-0.05, 0) is 18.7 Å². The number of pyridine rings is 1. The maximum absolute atomic E-state index is 12.8. The van der Waals surface area contributed by atoms with Crippen molar-refractivity contribution < 1.29 is 13.9 Å². The molecule has 0 N–H and O–H groups in total. The van der Waals surface area contributed by atoms with E-state index in [0.717, 1.165) is 11.8 Å². The zero-order chi connectivity index (χ0) is 12.0. The Kier molecular flexibility index (Phi) is 4.85. The molecule has 0 radical (unpaired) electrons. The second-order valence-electron chi connectivity index (χ2n) is 3.58. The predicted octanol–water partition coefficient (Wildman–Crippen LogP) is 1.22. The summed E-state index contributed by atoms with van der Waals surface area (Å²) < 4.78 is 17.4. The summed E-state index contributed by atoms with van der Waals surface area (Å²) in [4.78, 5) is 16.6. The summed E-state index contributed by atoms with van der Waals surface area (Å²) in [6.07, 6.45) is 3.10. The molecule has 0 aliphatic heterocycles. The number of nitrogens with zero attached hydrogens (tertiary/aromatic N) is 2. The Labute approximate surface area is 94.0 Å². The van der Waals surface area contributed by atoms with Gasteiger partial charge < -0.3 is 9.64 Å². The van der Waals surface area contributed by atoms with Gasteiger partial charge in [-0.15, -0.1) is 0 Å². The molecule has 16 heavy (non-hydrogen) atoms. The lowest BCUT2D eigenvalue weighted by molar-refractivity contribution is -0.140. The Bertz CT molecular complexity index is 358.